The molecule has 20 heavy (non-hydrogen) atoms. The molecule has 0 bridgehead atoms. The number of carbonyl (C=O) groups is 1. The van der Waals surface area contributed by atoms with E-state index in [-0.39, 0.29) is 9.99 Å². The Bertz CT molecular complexity index is 541. The Morgan fingerprint density at radius 2 is 1.40 bits per heavy atom. The molecule has 102 valence electrons. The maximum Gasteiger partial charge on any atom is 0.204 e. The number of rotatable bonds is 4. The van der Waals surface area contributed by atoms with Crippen molar-refractivity contribution in [1.82, 2.24) is 5.32 Å². The number of carbonyl (C=O) groups excluding carboxylic acids is 1. The zero-order valence-corrected chi connectivity index (χ0v) is 12.0. The Morgan fingerprint density at radius 1 is 0.900 bits per heavy atom. The largest absolute Gasteiger partial charge is 0.294 e. The van der Waals surface area contributed by atoms with Gasteiger partial charge in [0.25, 0.3) is 0 Å². The SMILES string of the molecule is O=C1CNC(Cc2ccccc2)(Cc2ccccc2)S1. The average molecular weight is 283 g/mol. The second-order valence-electron chi connectivity index (χ2n) is 5.15. The van der Waals surface area contributed by atoms with Crippen molar-refractivity contribution in [1.29, 1.82) is 0 Å². The number of thioether (sulfide) groups is 1. The quantitative estimate of drug-likeness (QED) is 0.935. The number of hydrogen-bond acceptors (Lipinski definition) is 3. The third-order valence-electron chi connectivity index (χ3n) is 3.53. The fourth-order valence-corrected chi connectivity index (χ4v) is 3.84. The molecule has 1 aliphatic heterocycles. The molecule has 2 aromatic rings. The Hall–Kier alpha value is -1.58. The molecule has 1 heterocycles. The smallest absolute Gasteiger partial charge is 0.204 e. The highest BCUT2D eigenvalue weighted by molar-refractivity contribution is 8.15. The van der Waals surface area contributed by atoms with Crippen LogP contribution in [0.4, 0.5) is 0 Å². The summed E-state index contributed by atoms with van der Waals surface area (Å²) in [6.45, 7) is 0.463. The van der Waals surface area contributed by atoms with E-state index in [2.05, 4.69) is 29.6 Å². The monoisotopic (exact) mass is 283 g/mol. The lowest BCUT2D eigenvalue weighted by molar-refractivity contribution is -0.109. The molecule has 3 rings (SSSR count). The van der Waals surface area contributed by atoms with Gasteiger partial charge in [-0.1, -0.05) is 72.4 Å². The molecule has 0 unspecified atom stereocenters. The van der Waals surface area contributed by atoms with Crippen LogP contribution in [0.5, 0.6) is 0 Å². The summed E-state index contributed by atoms with van der Waals surface area (Å²) in [7, 11) is 0. The summed E-state index contributed by atoms with van der Waals surface area (Å²) in [5, 5.41) is 3.66. The first kappa shape index (κ1) is 13.4. The standard InChI is InChI=1S/C17H17NOS/c19-16-13-18-17(20-16,11-14-7-3-1-4-8-14)12-15-9-5-2-6-10-15/h1-10,18H,11-13H2. The summed E-state index contributed by atoms with van der Waals surface area (Å²) in [6.07, 6.45) is 1.72. The Morgan fingerprint density at radius 3 is 1.80 bits per heavy atom. The Labute approximate surface area is 123 Å². The average Bonchev–Trinajstić information content (AvgIpc) is 2.82. The molecule has 0 amide bonds. The van der Waals surface area contributed by atoms with Gasteiger partial charge in [0.05, 0.1) is 11.4 Å². The van der Waals surface area contributed by atoms with Crippen LogP contribution < -0.4 is 5.32 Å². The minimum absolute atomic E-state index is 0.209. The van der Waals surface area contributed by atoms with Crippen LogP contribution in [0.2, 0.25) is 0 Å². The van der Waals surface area contributed by atoms with E-state index >= 15 is 0 Å². The molecule has 0 saturated carbocycles. The molecule has 1 fully saturated rings. The van der Waals surface area contributed by atoms with Crippen LogP contribution in [0.3, 0.4) is 0 Å². The van der Waals surface area contributed by atoms with Crippen molar-refractivity contribution in [2.75, 3.05) is 6.54 Å². The highest BCUT2D eigenvalue weighted by Crippen LogP contribution is 2.35. The summed E-state index contributed by atoms with van der Waals surface area (Å²) in [5.41, 5.74) is 2.52. The molecule has 0 aliphatic carbocycles. The van der Waals surface area contributed by atoms with E-state index < -0.39 is 0 Å². The highest BCUT2D eigenvalue weighted by Gasteiger charge is 2.39. The summed E-state index contributed by atoms with van der Waals surface area (Å²) >= 11 is 1.45. The number of nitrogens with one attached hydrogen (secondary N) is 1. The van der Waals surface area contributed by atoms with E-state index in [0.29, 0.717) is 6.54 Å². The third kappa shape index (κ3) is 3.11. The van der Waals surface area contributed by atoms with Gasteiger partial charge in [0.1, 0.15) is 0 Å². The first-order chi connectivity index (χ1) is 9.76. The van der Waals surface area contributed by atoms with Crippen LogP contribution in [0, 0.1) is 0 Å². The number of hydrogen-bond donors (Lipinski definition) is 1. The van der Waals surface area contributed by atoms with Crippen LogP contribution in [0.1, 0.15) is 11.1 Å². The van der Waals surface area contributed by atoms with Gasteiger partial charge in [-0.2, -0.15) is 0 Å². The second-order valence-corrected chi connectivity index (χ2v) is 6.59. The second kappa shape index (κ2) is 5.81. The fourth-order valence-electron chi connectivity index (χ4n) is 2.63. The van der Waals surface area contributed by atoms with E-state index in [1.807, 2.05) is 36.4 Å². The van der Waals surface area contributed by atoms with Crippen molar-refractivity contribution in [2.45, 2.75) is 17.7 Å². The van der Waals surface area contributed by atoms with Crippen molar-refractivity contribution in [3.8, 4) is 0 Å². The maximum atomic E-state index is 11.7. The normalized spacial score (nSPS) is 17.3. The van der Waals surface area contributed by atoms with Crippen molar-refractivity contribution < 1.29 is 4.79 Å². The van der Waals surface area contributed by atoms with Crippen LogP contribution in [-0.4, -0.2) is 16.5 Å². The first-order valence-electron chi connectivity index (χ1n) is 6.81. The van der Waals surface area contributed by atoms with Gasteiger partial charge in [0.15, 0.2) is 0 Å². The lowest BCUT2D eigenvalue weighted by Crippen LogP contribution is -2.41. The van der Waals surface area contributed by atoms with Crippen LogP contribution in [-0.2, 0) is 17.6 Å². The summed E-state index contributed by atoms with van der Waals surface area (Å²) in [4.78, 5) is 11.5. The van der Waals surface area contributed by atoms with Crippen LogP contribution in [0.15, 0.2) is 60.7 Å². The first-order valence-corrected chi connectivity index (χ1v) is 7.62. The van der Waals surface area contributed by atoms with E-state index in [1.54, 1.807) is 0 Å². The summed E-state index contributed by atoms with van der Waals surface area (Å²) in [5.74, 6) is 0. The molecule has 2 aromatic carbocycles. The minimum atomic E-state index is -0.209. The third-order valence-corrected chi connectivity index (χ3v) is 4.72. The predicted molar refractivity (Wildman–Crippen MR) is 83.6 cm³/mol. The lowest BCUT2D eigenvalue weighted by atomic mass is 9.98. The van der Waals surface area contributed by atoms with E-state index in [1.165, 1.54) is 22.9 Å². The van der Waals surface area contributed by atoms with Crippen molar-refractivity contribution >= 4 is 16.9 Å². The van der Waals surface area contributed by atoms with Crippen molar-refractivity contribution in [2.24, 2.45) is 0 Å². The van der Waals surface area contributed by atoms with Gasteiger partial charge in [-0.15, -0.1) is 0 Å². The van der Waals surface area contributed by atoms with Crippen molar-refractivity contribution in [3.05, 3.63) is 71.8 Å². The molecule has 3 heteroatoms. The van der Waals surface area contributed by atoms with Gasteiger partial charge in [-0.05, 0) is 11.1 Å². The molecule has 1 saturated heterocycles. The topological polar surface area (TPSA) is 29.1 Å². The van der Waals surface area contributed by atoms with Gasteiger partial charge in [0, 0.05) is 12.8 Å². The van der Waals surface area contributed by atoms with Crippen LogP contribution >= 0.6 is 11.8 Å². The Kier molecular flexibility index (Phi) is 3.90. The van der Waals surface area contributed by atoms with Crippen molar-refractivity contribution in [3.63, 3.8) is 0 Å². The fraction of sp³-hybridized carbons (Fsp3) is 0.235. The summed E-state index contributed by atoms with van der Waals surface area (Å²) < 4.78 is 0. The zero-order chi connectivity index (χ0) is 13.8. The molecule has 0 radical (unpaired) electrons. The molecular formula is C17H17NOS. The van der Waals surface area contributed by atoms with Crippen LogP contribution in [0.25, 0.3) is 0 Å². The molecule has 0 atom stereocenters. The summed E-state index contributed by atoms with van der Waals surface area (Å²) in [6, 6.07) is 20.7. The molecule has 0 aromatic heterocycles. The maximum absolute atomic E-state index is 11.7. The predicted octanol–water partition coefficient (Wildman–Crippen LogP) is 3.03. The van der Waals surface area contributed by atoms with Gasteiger partial charge in [0.2, 0.25) is 5.12 Å². The highest BCUT2D eigenvalue weighted by atomic mass is 32.2. The number of benzene rings is 2. The molecule has 1 aliphatic rings. The molecule has 0 spiro atoms. The van der Waals surface area contributed by atoms with Gasteiger partial charge >= 0.3 is 0 Å². The van der Waals surface area contributed by atoms with E-state index in [9.17, 15) is 4.79 Å². The lowest BCUT2D eigenvalue weighted by Gasteiger charge is -2.28. The zero-order valence-electron chi connectivity index (χ0n) is 11.2. The Balaban J connectivity index is 1.84. The van der Waals surface area contributed by atoms with Gasteiger partial charge in [-0.3, -0.25) is 10.1 Å². The molecule has 1 N–H and O–H groups in total. The van der Waals surface area contributed by atoms with Gasteiger partial charge in [-0.25, -0.2) is 0 Å². The molecular weight excluding hydrogens is 266 g/mol. The minimum Gasteiger partial charge on any atom is -0.294 e. The molecule has 2 nitrogen and oxygen atoms in total. The van der Waals surface area contributed by atoms with E-state index in [4.69, 9.17) is 0 Å². The van der Waals surface area contributed by atoms with E-state index in [0.717, 1.165) is 12.8 Å². The van der Waals surface area contributed by atoms with Gasteiger partial charge < -0.3 is 0 Å².